The molecule has 2 unspecified atom stereocenters. The van der Waals surface area contributed by atoms with Crippen molar-refractivity contribution in [2.24, 2.45) is 5.92 Å². The number of benzene rings is 1. The first-order valence-electron chi connectivity index (χ1n) is 5.77. The summed E-state index contributed by atoms with van der Waals surface area (Å²) in [5.74, 6) is 0.640. The maximum Gasteiger partial charge on any atom is 0.0346 e. The van der Waals surface area contributed by atoms with Crippen LogP contribution in [0.1, 0.15) is 38.8 Å². The maximum absolute atomic E-state index is 3.56. The fourth-order valence-electron chi connectivity index (χ4n) is 1.86. The predicted octanol–water partition coefficient (Wildman–Crippen LogP) is 4.91. The Bertz CT molecular complexity index is 318. The topological polar surface area (TPSA) is 12.0 Å². The minimum Gasteiger partial charge on any atom is -0.310 e. The van der Waals surface area contributed by atoms with Crippen molar-refractivity contribution >= 4 is 31.9 Å². The van der Waals surface area contributed by atoms with Crippen molar-refractivity contribution < 1.29 is 0 Å². The summed E-state index contributed by atoms with van der Waals surface area (Å²) in [7, 11) is 0. The summed E-state index contributed by atoms with van der Waals surface area (Å²) >= 11 is 7.09. The first-order valence-corrected chi connectivity index (χ1v) is 7.36. The Morgan fingerprint density at radius 2 is 1.69 bits per heavy atom. The molecule has 0 aromatic heterocycles. The third-order valence-corrected chi connectivity index (χ3v) is 3.80. The van der Waals surface area contributed by atoms with Crippen molar-refractivity contribution in [3.8, 4) is 0 Å². The van der Waals surface area contributed by atoms with E-state index in [1.165, 1.54) is 12.0 Å². The third-order valence-electron chi connectivity index (χ3n) is 2.88. The van der Waals surface area contributed by atoms with Crippen LogP contribution in [-0.4, -0.2) is 6.54 Å². The van der Waals surface area contributed by atoms with E-state index in [0.29, 0.717) is 12.0 Å². The van der Waals surface area contributed by atoms with Crippen molar-refractivity contribution in [3.63, 3.8) is 0 Å². The SMILES string of the molecule is CCNC(c1cc(Br)cc(Br)c1)C(C)CC. The number of halogens is 2. The summed E-state index contributed by atoms with van der Waals surface area (Å²) in [5.41, 5.74) is 1.34. The van der Waals surface area contributed by atoms with Gasteiger partial charge in [-0.1, -0.05) is 59.1 Å². The van der Waals surface area contributed by atoms with Crippen LogP contribution in [0.15, 0.2) is 27.1 Å². The van der Waals surface area contributed by atoms with Crippen LogP contribution >= 0.6 is 31.9 Å². The van der Waals surface area contributed by atoms with Gasteiger partial charge in [-0.3, -0.25) is 0 Å². The Labute approximate surface area is 115 Å². The quantitative estimate of drug-likeness (QED) is 0.797. The zero-order chi connectivity index (χ0) is 12.1. The van der Waals surface area contributed by atoms with Gasteiger partial charge in [-0.15, -0.1) is 0 Å². The van der Waals surface area contributed by atoms with Gasteiger partial charge >= 0.3 is 0 Å². The van der Waals surface area contributed by atoms with E-state index in [1.807, 2.05) is 0 Å². The molecule has 0 aliphatic rings. The summed E-state index contributed by atoms with van der Waals surface area (Å²) in [6, 6.07) is 6.90. The molecule has 1 aromatic carbocycles. The number of hydrogen-bond donors (Lipinski definition) is 1. The molecule has 0 radical (unpaired) electrons. The van der Waals surface area contributed by atoms with Gasteiger partial charge < -0.3 is 5.32 Å². The monoisotopic (exact) mass is 347 g/mol. The van der Waals surface area contributed by atoms with Crippen LogP contribution in [0.4, 0.5) is 0 Å². The highest BCUT2D eigenvalue weighted by molar-refractivity contribution is 9.11. The molecule has 0 bridgehead atoms. The van der Waals surface area contributed by atoms with Gasteiger partial charge in [0.2, 0.25) is 0 Å². The van der Waals surface area contributed by atoms with E-state index in [-0.39, 0.29) is 0 Å². The molecule has 0 amide bonds. The fraction of sp³-hybridized carbons (Fsp3) is 0.538. The van der Waals surface area contributed by atoms with Crippen LogP contribution in [0.25, 0.3) is 0 Å². The minimum absolute atomic E-state index is 0.434. The van der Waals surface area contributed by atoms with Crippen LogP contribution in [0.5, 0.6) is 0 Å². The van der Waals surface area contributed by atoms with Gasteiger partial charge in [0.05, 0.1) is 0 Å². The van der Waals surface area contributed by atoms with E-state index in [0.717, 1.165) is 15.5 Å². The summed E-state index contributed by atoms with van der Waals surface area (Å²) in [5, 5.41) is 3.56. The molecule has 1 N–H and O–H groups in total. The van der Waals surface area contributed by atoms with E-state index in [1.54, 1.807) is 0 Å². The molecule has 90 valence electrons. The van der Waals surface area contributed by atoms with E-state index < -0.39 is 0 Å². The number of rotatable bonds is 5. The van der Waals surface area contributed by atoms with E-state index in [4.69, 9.17) is 0 Å². The lowest BCUT2D eigenvalue weighted by molar-refractivity contribution is 0.383. The van der Waals surface area contributed by atoms with Gasteiger partial charge in [0.15, 0.2) is 0 Å². The van der Waals surface area contributed by atoms with Crippen LogP contribution in [0.3, 0.4) is 0 Å². The van der Waals surface area contributed by atoms with Gasteiger partial charge in [-0.25, -0.2) is 0 Å². The molecule has 0 aliphatic heterocycles. The first kappa shape index (κ1) is 14.2. The Morgan fingerprint density at radius 3 is 2.12 bits per heavy atom. The van der Waals surface area contributed by atoms with E-state index in [2.05, 4.69) is 76.1 Å². The standard InChI is InChI=1S/C13H19Br2N/c1-4-9(3)13(16-5-2)10-6-11(14)8-12(15)7-10/h6-9,13,16H,4-5H2,1-3H3. The first-order chi connectivity index (χ1) is 7.58. The largest absolute Gasteiger partial charge is 0.310 e. The molecule has 1 nitrogen and oxygen atoms in total. The lowest BCUT2D eigenvalue weighted by atomic mass is 9.92. The molecule has 3 heteroatoms. The molecule has 16 heavy (non-hydrogen) atoms. The van der Waals surface area contributed by atoms with Crippen molar-refractivity contribution in [1.82, 2.24) is 5.32 Å². The molecule has 1 rings (SSSR count). The second kappa shape index (κ2) is 6.77. The molecule has 1 aromatic rings. The van der Waals surface area contributed by atoms with Crippen LogP contribution < -0.4 is 5.32 Å². The highest BCUT2D eigenvalue weighted by Gasteiger charge is 2.17. The zero-order valence-electron chi connectivity index (χ0n) is 10.1. The van der Waals surface area contributed by atoms with Crippen molar-refractivity contribution in [2.75, 3.05) is 6.54 Å². The molecule has 0 saturated heterocycles. The smallest absolute Gasteiger partial charge is 0.0346 e. The highest BCUT2D eigenvalue weighted by atomic mass is 79.9. The Hall–Kier alpha value is 0.140. The van der Waals surface area contributed by atoms with Gasteiger partial charge in [-0.05, 0) is 36.2 Å². The Balaban J connectivity index is 3.00. The highest BCUT2D eigenvalue weighted by Crippen LogP contribution is 2.29. The summed E-state index contributed by atoms with van der Waals surface area (Å²) in [6.45, 7) is 7.69. The van der Waals surface area contributed by atoms with Crippen LogP contribution in [0.2, 0.25) is 0 Å². The van der Waals surface area contributed by atoms with E-state index >= 15 is 0 Å². The molecule has 0 fully saturated rings. The molecule has 2 atom stereocenters. The summed E-state index contributed by atoms with van der Waals surface area (Å²) < 4.78 is 2.26. The molecular formula is C13H19Br2N. The van der Waals surface area contributed by atoms with Crippen molar-refractivity contribution in [3.05, 3.63) is 32.7 Å². The van der Waals surface area contributed by atoms with Crippen LogP contribution in [-0.2, 0) is 0 Å². The van der Waals surface area contributed by atoms with Crippen molar-refractivity contribution in [1.29, 1.82) is 0 Å². The average Bonchev–Trinajstić information content (AvgIpc) is 2.23. The molecule has 0 spiro atoms. The number of nitrogens with one attached hydrogen (secondary N) is 1. The zero-order valence-corrected chi connectivity index (χ0v) is 13.2. The van der Waals surface area contributed by atoms with Crippen LogP contribution in [0, 0.1) is 5.92 Å². The Kier molecular flexibility index (Phi) is 6.01. The normalized spacial score (nSPS) is 14.8. The molecule has 0 heterocycles. The van der Waals surface area contributed by atoms with Crippen molar-refractivity contribution in [2.45, 2.75) is 33.2 Å². The second-order valence-corrected chi connectivity index (χ2v) is 5.96. The lowest BCUT2D eigenvalue weighted by Gasteiger charge is -2.24. The van der Waals surface area contributed by atoms with Gasteiger partial charge in [0.1, 0.15) is 0 Å². The molecule has 0 aliphatic carbocycles. The van der Waals surface area contributed by atoms with Gasteiger partial charge in [-0.2, -0.15) is 0 Å². The molecular weight excluding hydrogens is 330 g/mol. The maximum atomic E-state index is 3.56. The van der Waals surface area contributed by atoms with E-state index in [9.17, 15) is 0 Å². The number of hydrogen-bond acceptors (Lipinski definition) is 1. The minimum atomic E-state index is 0.434. The summed E-state index contributed by atoms with van der Waals surface area (Å²) in [4.78, 5) is 0. The second-order valence-electron chi connectivity index (χ2n) is 4.12. The predicted molar refractivity (Wildman–Crippen MR) is 77.7 cm³/mol. The third kappa shape index (κ3) is 3.86. The van der Waals surface area contributed by atoms with Gasteiger partial charge in [0, 0.05) is 15.0 Å². The summed E-state index contributed by atoms with van der Waals surface area (Å²) in [6.07, 6.45) is 1.18. The average molecular weight is 349 g/mol. The lowest BCUT2D eigenvalue weighted by Crippen LogP contribution is -2.26. The molecule has 0 saturated carbocycles. The van der Waals surface area contributed by atoms with Gasteiger partial charge in [0.25, 0.3) is 0 Å². The fourth-order valence-corrected chi connectivity index (χ4v) is 3.19. The Morgan fingerprint density at radius 1 is 1.12 bits per heavy atom.